The number of hydrogen-bond acceptors (Lipinski definition) is 2. The summed E-state index contributed by atoms with van der Waals surface area (Å²) < 4.78 is 13.7. The first-order chi connectivity index (χ1) is 15.7. The molecule has 2 nitrogen and oxygen atoms in total. The summed E-state index contributed by atoms with van der Waals surface area (Å²) in [5.41, 5.74) is 2.69. The van der Waals surface area contributed by atoms with E-state index in [4.69, 9.17) is 8.85 Å². The fourth-order valence-electron chi connectivity index (χ4n) is 4.41. The smallest absolute Gasteiger partial charge is 0.186 e. The van der Waals surface area contributed by atoms with Crippen molar-refractivity contribution in [1.82, 2.24) is 0 Å². The summed E-state index contributed by atoms with van der Waals surface area (Å²) in [7, 11) is -3.42. The molecule has 2 rings (SSSR count). The molecule has 33 heavy (non-hydrogen) atoms. The summed E-state index contributed by atoms with van der Waals surface area (Å²) in [6.07, 6.45) is 6.96. The van der Waals surface area contributed by atoms with Crippen LogP contribution in [0.5, 0.6) is 0 Å². The Hall–Kier alpha value is -1.21. The van der Waals surface area contributed by atoms with Crippen LogP contribution in [0.4, 0.5) is 0 Å². The summed E-state index contributed by atoms with van der Waals surface area (Å²) in [6, 6.07) is 24.4. The van der Waals surface area contributed by atoms with Crippen molar-refractivity contribution in [2.45, 2.75) is 90.6 Å². The highest BCUT2D eigenvalue weighted by Crippen LogP contribution is 2.33. The van der Waals surface area contributed by atoms with Crippen LogP contribution in [0.2, 0.25) is 38.3 Å². The Bertz CT molecular complexity index is 707. The first kappa shape index (κ1) is 28.0. The molecule has 184 valence electrons. The van der Waals surface area contributed by atoms with E-state index in [1.165, 1.54) is 48.9 Å². The highest BCUT2D eigenvalue weighted by atomic mass is 28.4. The topological polar surface area (TPSA) is 18.5 Å². The molecule has 0 saturated carbocycles. The zero-order chi connectivity index (χ0) is 24.2. The third kappa shape index (κ3) is 10.7. The molecule has 0 aromatic heterocycles. The minimum Gasteiger partial charge on any atom is -0.417 e. The maximum Gasteiger partial charge on any atom is 0.186 e. The van der Waals surface area contributed by atoms with Crippen LogP contribution in [0, 0.1) is 5.41 Å². The van der Waals surface area contributed by atoms with Crippen LogP contribution in [0.15, 0.2) is 60.7 Å². The largest absolute Gasteiger partial charge is 0.417 e. The quantitative estimate of drug-likeness (QED) is 0.222. The zero-order valence-electron chi connectivity index (χ0n) is 22.2. The molecule has 0 amide bonds. The molecule has 0 N–H and O–H groups in total. The lowest BCUT2D eigenvalue weighted by molar-refractivity contribution is 0.0694. The van der Waals surface area contributed by atoms with Crippen molar-refractivity contribution in [2.75, 3.05) is 13.2 Å². The predicted molar refractivity (Wildman–Crippen MR) is 149 cm³/mol. The minimum absolute atomic E-state index is 0.0598. The van der Waals surface area contributed by atoms with Gasteiger partial charge in [-0.3, -0.25) is 0 Å². The number of hydrogen-bond donors (Lipinski definition) is 0. The van der Waals surface area contributed by atoms with Crippen LogP contribution in [0.25, 0.3) is 0 Å². The van der Waals surface area contributed by atoms with Gasteiger partial charge in [0.25, 0.3) is 0 Å². The van der Waals surface area contributed by atoms with Gasteiger partial charge in [-0.15, -0.1) is 0 Å². The molecular weight excluding hydrogens is 436 g/mol. The summed E-state index contributed by atoms with van der Waals surface area (Å²) in [6.45, 7) is 15.7. The van der Waals surface area contributed by atoms with Gasteiger partial charge < -0.3 is 8.85 Å². The average Bonchev–Trinajstić information content (AvgIpc) is 2.80. The lowest BCUT2D eigenvalue weighted by Gasteiger charge is -2.39. The Kier molecular flexibility index (Phi) is 11.6. The average molecular weight is 485 g/mol. The molecule has 0 atom stereocenters. The molecule has 0 heterocycles. The standard InChI is InChI=1S/C29H48O2Si2/c1-7-9-21-32(3,4)30-25-29(23-27-17-13-11-14-18-27,24-28-19-15-12-16-20-28)26-31-33(5,6)22-10-8-2/h11-20H,7-10,21-26H2,1-6H3. The molecule has 0 unspecified atom stereocenters. The molecule has 0 aliphatic rings. The molecule has 0 spiro atoms. The molecule has 2 aromatic carbocycles. The lowest BCUT2D eigenvalue weighted by atomic mass is 9.78. The van der Waals surface area contributed by atoms with Crippen molar-refractivity contribution in [2.24, 2.45) is 5.41 Å². The molecule has 0 radical (unpaired) electrons. The molecule has 0 bridgehead atoms. The highest BCUT2D eigenvalue weighted by Gasteiger charge is 2.37. The molecule has 0 aliphatic carbocycles. The molecule has 0 aliphatic heterocycles. The van der Waals surface area contributed by atoms with E-state index in [0.29, 0.717) is 0 Å². The van der Waals surface area contributed by atoms with Crippen molar-refractivity contribution >= 4 is 16.6 Å². The zero-order valence-corrected chi connectivity index (χ0v) is 24.2. The second-order valence-corrected chi connectivity index (χ2v) is 19.7. The van der Waals surface area contributed by atoms with E-state index >= 15 is 0 Å². The van der Waals surface area contributed by atoms with Gasteiger partial charge in [-0.2, -0.15) is 0 Å². The van der Waals surface area contributed by atoms with Crippen molar-refractivity contribution in [1.29, 1.82) is 0 Å². The molecule has 4 heteroatoms. The summed E-state index contributed by atoms with van der Waals surface area (Å²) in [5.74, 6) is 0. The Morgan fingerprint density at radius 2 is 0.970 bits per heavy atom. The fraction of sp³-hybridized carbons (Fsp3) is 0.586. The maximum absolute atomic E-state index is 6.86. The summed E-state index contributed by atoms with van der Waals surface area (Å²) >= 11 is 0. The van der Waals surface area contributed by atoms with Crippen molar-refractivity contribution in [3.63, 3.8) is 0 Å². The number of unbranched alkanes of at least 4 members (excludes halogenated alkanes) is 2. The van der Waals surface area contributed by atoms with Gasteiger partial charge in [0.15, 0.2) is 16.6 Å². The van der Waals surface area contributed by atoms with Crippen LogP contribution >= 0.6 is 0 Å². The Morgan fingerprint density at radius 1 is 0.606 bits per heavy atom. The van der Waals surface area contributed by atoms with E-state index in [0.717, 1.165) is 26.1 Å². The molecule has 2 aromatic rings. The monoisotopic (exact) mass is 484 g/mol. The Labute approximate surface area is 206 Å². The van der Waals surface area contributed by atoms with E-state index in [1.54, 1.807) is 0 Å². The van der Waals surface area contributed by atoms with Gasteiger partial charge in [0.05, 0.1) is 0 Å². The highest BCUT2D eigenvalue weighted by molar-refractivity contribution is 6.71. The lowest BCUT2D eigenvalue weighted by Crippen LogP contribution is -2.45. The van der Waals surface area contributed by atoms with Gasteiger partial charge >= 0.3 is 0 Å². The Morgan fingerprint density at radius 3 is 1.30 bits per heavy atom. The normalized spacial score (nSPS) is 12.8. The van der Waals surface area contributed by atoms with E-state index in [2.05, 4.69) is 101 Å². The van der Waals surface area contributed by atoms with E-state index < -0.39 is 16.6 Å². The van der Waals surface area contributed by atoms with Gasteiger partial charge in [-0.05, 0) is 62.2 Å². The van der Waals surface area contributed by atoms with E-state index in [9.17, 15) is 0 Å². The second-order valence-electron chi connectivity index (χ2n) is 11.1. The first-order valence-electron chi connectivity index (χ1n) is 13.0. The minimum atomic E-state index is -1.71. The van der Waals surface area contributed by atoms with Gasteiger partial charge in [-0.1, -0.05) is 100 Å². The van der Waals surface area contributed by atoms with Crippen molar-refractivity contribution in [3.8, 4) is 0 Å². The molecular formula is C29H48O2Si2. The first-order valence-corrected chi connectivity index (χ1v) is 19.3. The van der Waals surface area contributed by atoms with Crippen LogP contribution in [0.1, 0.15) is 50.7 Å². The summed E-state index contributed by atoms with van der Waals surface area (Å²) in [5, 5.41) is 0. The SMILES string of the molecule is CCCC[Si](C)(C)OCC(CO[Si](C)(C)CCCC)(Cc1ccccc1)Cc1ccccc1. The molecule has 0 saturated heterocycles. The van der Waals surface area contributed by atoms with Crippen molar-refractivity contribution < 1.29 is 8.85 Å². The van der Waals surface area contributed by atoms with Crippen LogP contribution in [-0.4, -0.2) is 29.8 Å². The third-order valence-electron chi connectivity index (χ3n) is 6.65. The van der Waals surface area contributed by atoms with E-state index in [-0.39, 0.29) is 5.41 Å². The summed E-state index contributed by atoms with van der Waals surface area (Å²) in [4.78, 5) is 0. The fourth-order valence-corrected chi connectivity index (χ4v) is 8.50. The van der Waals surface area contributed by atoms with Crippen molar-refractivity contribution in [3.05, 3.63) is 71.8 Å². The van der Waals surface area contributed by atoms with Gasteiger partial charge in [0, 0.05) is 18.6 Å². The van der Waals surface area contributed by atoms with E-state index in [1.807, 2.05) is 0 Å². The maximum atomic E-state index is 6.86. The second kappa shape index (κ2) is 13.6. The van der Waals surface area contributed by atoms with Crippen LogP contribution < -0.4 is 0 Å². The van der Waals surface area contributed by atoms with Gasteiger partial charge in [-0.25, -0.2) is 0 Å². The van der Waals surface area contributed by atoms with Crippen LogP contribution in [0.3, 0.4) is 0 Å². The number of benzene rings is 2. The molecule has 0 fully saturated rings. The van der Waals surface area contributed by atoms with Crippen LogP contribution in [-0.2, 0) is 21.7 Å². The van der Waals surface area contributed by atoms with Gasteiger partial charge in [0.2, 0.25) is 0 Å². The Balaban J connectivity index is 2.33. The number of rotatable bonds is 16. The third-order valence-corrected chi connectivity index (χ3v) is 11.6. The predicted octanol–water partition coefficient (Wildman–Crippen LogP) is 8.50. The van der Waals surface area contributed by atoms with Gasteiger partial charge in [0.1, 0.15) is 0 Å².